The van der Waals surface area contributed by atoms with Crippen molar-refractivity contribution in [2.45, 2.75) is 26.4 Å². The van der Waals surface area contributed by atoms with Gasteiger partial charge in [-0.25, -0.2) is 0 Å². The van der Waals surface area contributed by atoms with E-state index in [9.17, 15) is 27.6 Å². The summed E-state index contributed by atoms with van der Waals surface area (Å²) in [6, 6.07) is 15.7. The van der Waals surface area contributed by atoms with Crippen molar-refractivity contribution >= 4 is 40.7 Å². The fraction of sp³-hybridized carbons (Fsp3) is 0.229. The maximum Gasteiger partial charge on any atom is 0.416 e. The third kappa shape index (κ3) is 7.72. The molecule has 4 aromatic rings. The number of fused-ring (bicyclic) bond motifs is 1. The molecule has 9 nitrogen and oxygen atoms in total. The highest BCUT2D eigenvalue weighted by molar-refractivity contribution is 6.35. The molecular formula is C35H34F3N5O4. The molecule has 12 heteroatoms. The van der Waals surface area contributed by atoms with E-state index in [0.717, 1.165) is 30.7 Å². The molecule has 3 amide bonds. The Labute approximate surface area is 269 Å². The largest absolute Gasteiger partial charge is 0.457 e. The summed E-state index contributed by atoms with van der Waals surface area (Å²) in [6.45, 7) is 5.07. The number of hydrogen-bond donors (Lipinski definition) is 4. The zero-order chi connectivity index (χ0) is 33.9. The molecule has 1 aromatic heterocycles. The molecule has 47 heavy (non-hydrogen) atoms. The van der Waals surface area contributed by atoms with Crippen molar-refractivity contribution < 1.29 is 32.3 Å². The molecule has 1 aliphatic heterocycles. The van der Waals surface area contributed by atoms with E-state index in [1.165, 1.54) is 18.2 Å². The third-order valence-corrected chi connectivity index (χ3v) is 7.61. The molecule has 244 valence electrons. The van der Waals surface area contributed by atoms with Crippen LogP contribution in [-0.2, 0) is 11.0 Å². The lowest BCUT2D eigenvalue weighted by atomic mass is 10.0. The van der Waals surface area contributed by atoms with Crippen molar-refractivity contribution in [2.24, 2.45) is 0 Å². The van der Waals surface area contributed by atoms with Crippen LogP contribution in [-0.4, -0.2) is 54.8 Å². The van der Waals surface area contributed by atoms with Gasteiger partial charge in [0.15, 0.2) is 0 Å². The SMILES string of the molecule is Cc1[nH]c(C=C2C(=O)Nc3cc(Oc4cccc(NC(=O)c5cccc(C(F)(F)F)c5)c4)ccc32)c(C)c1C(=O)NCCCN(C)C. The summed E-state index contributed by atoms with van der Waals surface area (Å²) >= 11 is 0. The van der Waals surface area contributed by atoms with Gasteiger partial charge in [0.1, 0.15) is 11.5 Å². The molecule has 0 bridgehead atoms. The maximum absolute atomic E-state index is 13.1. The summed E-state index contributed by atoms with van der Waals surface area (Å²) in [4.78, 5) is 43.8. The second kappa shape index (κ2) is 13.6. The standard InChI is InChI=1S/C35H34F3N5O4/c1-20-29(40-21(2)31(20)34(46)39-14-7-15-43(3)4)19-28-27-13-12-26(18-30(27)42-33(28)45)47-25-11-6-10-24(17-25)41-32(44)22-8-5-9-23(16-22)35(36,37)38/h5-6,8-13,16-19,40H,7,14-15H2,1-4H3,(H,39,46)(H,41,44)(H,42,45). The minimum atomic E-state index is -4.57. The van der Waals surface area contributed by atoms with Gasteiger partial charge in [-0.2, -0.15) is 13.2 Å². The number of alkyl halides is 3. The average Bonchev–Trinajstić information content (AvgIpc) is 3.47. The Balaban J connectivity index is 1.29. The first-order valence-electron chi connectivity index (χ1n) is 14.9. The van der Waals surface area contributed by atoms with E-state index in [-0.39, 0.29) is 17.4 Å². The first-order chi connectivity index (χ1) is 22.3. The van der Waals surface area contributed by atoms with Gasteiger partial charge in [0.25, 0.3) is 17.7 Å². The van der Waals surface area contributed by atoms with E-state index in [2.05, 4.69) is 25.8 Å². The van der Waals surface area contributed by atoms with E-state index in [0.29, 0.717) is 57.5 Å². The Kier molecular flexibility index (Phi) is 9.52. The van der Waals surface area contributed by atoms with Crippen LogP contribution in [0.5, 0.6) is 11.5 Å². The number of carbonyl (C=O) groups excluding carboxylic acids is 3. The van der Waals surface area contributed by atoms with Gasteiger partial charge < -0.3 is 30.6 Å². The van der Waals surface area contributed by atoms with Gasteiger partial charge in [0.2, 0.25) is 0 Å². The molecule has 0 unspecified atom stereocenters. The minimum absolute atomic E-state index is 0.135. The summed E-state index contributed by atoms with van der Waals surface area (Å²) in [5.41, 5.74) is 3.54. The van der Waals surface area contributed by atoms with Crippen LogP contribution in [0.4, 0.5) is 24.5 Å². The summed E-state index contributed by atoms with van der Waals surface area (Å²) in [6.07, 6.45) is -2.02. The average molecular weight is 646 g/mol. The zero-order valence-corrected chi connectivity index (χ0v) is 26.3. The molecule has 0 saturated heterocycles. The second-order valence-corrected chi connectivity index (χ2v) is 11.5. The van der Waals surface area contributed by atoms with Gasteiger partial charge in [0, 0.05) is 46.9 Å². The highest BCUT2D eigenvalue weighted by Crippen LogP contribution is 2.38. The number of benzene rings is 3. The maximum atomic E-state index is 13.1. The molecule has 1 aliphatic rings. The van der Waals surface area contributed by atoms with Gasteiger partial charge in [-0.3, -0.25) is 14.4 Å². The third-order valence-electron chi connectivity index (χ3n) is 7.61. The highest BCUT2D eigenvalue weighted by atomic mass is 19.4. The Bertz CT molecular complexity index is 1880. The Morgan fingerprint density at radius 2 is 1.70 bits per heavy atom. The Hall–Kier alpha value is -5.36. The second-order valence-electron chi connectivity index (χ2n) is 11.5. The Morgan fingerprint density at radius 1 is 0.957 bits per heavy atom. The minimum Gasteiger partial charge on any atom is -0.457 e. The molecule has 0 fully saturated rings. The zero-order valence-electron chi connectivity index (χ0n) is 26.3. The number of anilines is 2. The van der Waals surface area contributed by atoms with Crippen LogP contribution in [0.3, 0.4) is 0 Å². The van der Waals surface area contributed by atoms with E-state index in [1.54, 1.807) is 42.5 Å². The number of ether oxygens (including phenoxy) is 1. The summed E-state index contributed by atoms with van der Waals surface area (Å²) < 4.78 is 45.2. The van der Waals surface area contributed by atoms with Crippen LogP contribution in [0.1, 0.15) is 55.2 Å². The number of amides is 3. The first-order valence-corrected chi connectivity index (χ1v) is 14.9. The lowest BCUT2D eigenvalue weighted by molar-refractivity contribution is -0.137. The normalized spacial score (nSPS) is 13.4. The van der Waals surface area contributed by atoms with Gasteiger partial charge in [-0.05, 0) is 95.0 Å². The molecule has 0 saturated carbocycles. The van der Waals surface area contributed by atoms with Crippen LogP contribution in [0.15, 0.2) is 66.7 Å². The predicted molar refractivity (Wildman–Crippen MR) is 175 cm³/mol. The number of H-pyrrole nitrogens is 1. The van der Waals surface area contributed by atoms with Crippen LogP contribution in [0.2, 0.25) is 0 Å². The van der Waals surface area contributed by atoms with Crippen molar-refractivity contribution in [1.29, 1.82) is 0 Å². The fourth-order valence-electron chi connectivity index (χ4n) is 5.28. The summed E-state index contributed by atoms with van der Waals surface area (Å²) in [5, 5.41) is 8.41. The van der Waals surface area contributed by atoms with Gasteiger partial charge >= 0.3 is 6.18 Å². The molecule has 0 aliphatic carbocycles. The van der Waals surface area contributed by atoms with Crippen molar-refractivity contribution in [2.75, 3.05) is 37.8 Å². The van der Waals surface area contributed by atoms with Crippen LogP contribution < -0.4 is 20.7 Å². The molecule has 0 radical (unpaired) electrons. The molecular weight excluding hydrogens is 611 g/mol. The topological polar surface area (TPSA) is 116 Å². The summed E-state index contributed by atoms with van der Waals surface area (Å²) in [7, 11) is 3.96. The number of halogens is 3. The fourth-order valence-corrected chi connectivity index (χ4v) is 5.28. The van der Waals surface area contributed by atoms with Crippen LogP contribution in [0, 0.1) is 13.8 Å². The number of carbonyl (C=O) groups is 3. The number of rotatable bonds is 10. The number of aromatic amines is 1. The number of nitrogens with one attached hydrogen (secondary N) is 4. The van der Waals surface area contributed by atoms with E-state index < -0.39 is 17.6 Å². The molecule has 4 N–H and O–H groups in total. The molecule has 0 spiro atoms. The lowest BCUT2D eigenvalue weighted by Gasteiger charge is -2.11. The lowest BCUT2D eigenvalue weighted by Crippen LogP contribution is -2.27. The van der Waals surface area contributed by atoms with Gasteiger partial charge in [0.05, 0.1) is 22.4 Å². The van der Waals surface area contributed by atoms with E-state index >= 15 is 0 Å². The smallest absolute Gasteiger partial charge is 0.416 e. The van der Waals surface area contributed by atoms with E-state index in [4.69, 9.17) is 4.74 Å². The number of nitrogens with zero attached hydrogens (tertiary/aromatic N) is 1. The molecule has 0 atom stereocenters. The van der Waals surface area contributed by atoms with Crippen molar-refractivity contribution in [3.63, 3.8) is 0 Å². The van der Waals surface area contributed by atoms with Gasteiger partial charge in [-0.1, -0.05) is 12.1 Å². The predicted octanol–water partition coefficient (Wildman–Crippen LogP) is 6.87. The van der Waals surface area contributed by atoms with E-state index in [1.807, 2.05) is 27.9 Å². The molecule has 2 heterocycles. The monoisotopic (exact) mass is 645 g/mol. The number of aromatic nitrogens is 1. The molecule has 5 rings (SSSR count). The quantitative estimate of drug-likeness (QED) is 0.111. The van der Waals surface area contributed by atoms with Crippen LogP contribution in [0.25, 0.3) is 11.6 Å². The first kappa shape index (κ1) is 33.0. The number of aryl methyl sites for hydroxylation is 1. The van der Waals surface area contributed by atoms with Crippen molar-refractivity contribution in [3.05, 3.63) is 106 Å². The van der Waals surface area contributed by atoms with Crippen molar-refractivity contribution in [1.82, 2.24) is 15.2 Å². The van der Waals surface area contributed by atoms with Crippen LogP contribution >= 0.6 is 0 Å². The summed E-state index contributed by atoms with van der Waals surface area (Å²) in [5.74, 6) is -0.411. The van der Waals surface area contributed by atoms with Crippen molar-refractivity contribution in [3.8, 4) is 11.5 Å². The highest BCUT2D eigenvalue weighted by Gasteiger charge is 2.31. The Morgan fingerprint density at radius 3 is 2.45 bits per heavy atom. The molecule has 3 aromatic carbocycles. The van der Waals surface area contributed by atoms with Gasteiger partial charge in [-0.15, -0.1) is 0 Å². The number of hydrogen-bond acceptors (Lipinski definition) is 5.